The maximum atomic E-state index is 8.52. The lowest BCUT2D eigenvalue weighted by molar-refractivity contribution is 0.834. The third kappa shape index (κ3) is 1.71. The van der Waals surface area contributed by atoms with Gasteiger partial charge in [-0.25, -0.2) is 0 Å². The van der Waals surface area contributed by atoms with Gasteiger partial charge in [-0.1, -0.05) is 0 Å². The number of anilines is 1. The normalized spacial score (nSPS) is 9.42. The smallest absolute Gasteiger partial charge is 0.238 e. The molecule has 0 aliphatic heterocycles. The summed E-state index contributed by atoms with van der Waals surface area (Å²) in [5.41, 5.74) is 0. The molecule has 5 heteroatoms. The Hall–Kier alpha value is -1.15. The van der Waals surface area contributed by atoms with Crippen molar-refractivity contribution in [3.8, 4) is 6.07 Å². The average Bonchev–Trinajstić information content (AvgIpc) is 2.55. The molecule has 0 aromatic carbocycles. The van der Waals surface area contributed by atoms with Gasteiger partial charge in [-0.05, 0) is 25.4 Å². The summed E-state index contributed by atoms with van der Waals surface area (Å²) < 4.78 is 4.06. The van der Waals surface area contributed by atoms with Gasteiger partial charge in [0, 0.05) is 13.1 Å². The van der Waals surface area contributed by atoms with Crippen molar-refractivity contribution in [3.63, 3.8) is 0 Å². The van der Waals surface area contributed by atoms with Crippen molar-refractivity contribution in [2.45, 2.75) is 13.8 Å². The number of hydrogen-bond donors (Lipinski definition) is 0. The highest BCUT2D eigenvalue weighted by Gasteiger charge is 2.07. The number of nitriles is 1. The topological polar surface area (TPSA) is 52.8 Å². The fraction of sp³-hybridized carbons (Fsp3) is 0.571. The largest absolute Gasteiger partial charge is 0.341 e. The summed E-state index contributed by atoms with van der Waals surface area (Å²) in [6.07, 6.45) is 0. The third-order valence-corrected chi connectivity index (χ3v) is 2.17. The molecule has 0 bridgehead atoms. The zero-order valence-electron chi connectivity index (χ0n) is 7.11. The Balaban J connectivity index is 2.81. The van der Waals surface area contributed by atoms with Crippen LogP contribution in [-0.2, 0) is 0 Å². The van der Waals surface area contributed by atoms with E-state index in [0.29, 0.717) is 11.0 Å². The van der Waals surface area contributed by atoms with Crippen LogP contribution in [0.3, 0.4) is 0 Å². The van der Waals surface area contributed by atoms with Gasteiger partial charge in [0.15, 0.2) is 0 Å². The first-order valence-corrected chi connectivity index (χ1v) is 4.57. The Morgan fingerprint density at radius 3 is 2.58 bits per heavy atom. The van der Waals surface area contributed by atoms with Gasteiger partial charge in [0.1, 0.15) is 6.07 Å². The van der Waals surface area contributed by atoms with E-state index in [1.807, 2.05) is 24.8 Å². The number of nitrogens with zero attached hydrogens (tertiary/aromatic N) is 4. The van der Waals surface area contributed by atoms with Gasteiger partial charge in [-0.2, -0.15) is 14.6 Å². The number of rotatable bonds is 3. The summed E-state index contributed by atoms with van der Waals surface area (Å²) >= 11 is 1.14. The second-order valence-corrected chi connectivity index (χ2v) is 2.94. The molecule has 1 heterocycles. The van der Waals surface area contributed by atoms with E-state index in [2.05, 4.69) is 9.36 Å². The van der Waals surface area contributed by atoms with Crippen LogP contribution in [0.15, 0.2) is 0 Å². The minimum absolute atomic E-state index is 0.428. The van der Waals surface area contributed by atoms with Crippen molar-refractivity contribution in [2.24, 2.45) is 0 Å². The Bertz CT molecular complexity index is 284. The molecule has 0 aliphatic rings. The molecule has 12 heavy (non-hydrogen) atoms. The van der Waals surface area contributed by atoms with Gasteiger partial charge >= 0.3 is 0 Å². The molecule has 0 amide bonds. The summed E-state index contributed by atoms with van der Waals surface area (Å²) in [4.78, 5) is 6.05. The summed E-state index contributed by atoms with van der Waals surface area (Å²) in [6, 6.07) is 1.97. The summed E-state index contributed by atoms with van der Waals surface area (Å²) in [6.45, 7) is 5.82. The van der Waals surface area contributed by atoms with Crippen molar-refractivity contribution in [1.29, 1.82) is 5.26 Å². The molecular weight excluding hydrogens is 172 g/mol. The molecule has 0 radical (unpaired) electrons. The molecular formula is C7H10N4S. The van der Waals surface area contributed by atoms with Gasteiger partial charge in [0.25, 0.3) is 0 Å². The lowest BCUT2D eigenvalue weighted by Crippen LogP contribution is -2.22. The maximum absolute atomic E-state index is 8.52. The molecule has 1 aromatic heterocycles. The van der Waals surface area contributed by atoms with Crippen LogP contribution in [0, 0.1) is 11.3 Å². The molecule has 64 valence electrons. The highest BCUT2D eigenvalue weighted by Crippen LogP contribution is 2.11. The van der Waals surface area contributed by atoms with E-state index in [9.17, 15) is 0 Å². The van der Waals surface area contributed by atoms with E-state index in [-0.39, 0.29) is 0 Å². The van der Waals surface area contributed by atoms with Crippen LogP contribution in [0.25, 0.3) is 0 Å². The number of hydrogen-bond acceptors (Lipinski definition) is 5. The summed E-state index contributed by atoms with van der Waals surface area (Å²) in [5.74, 6) is 0.668. The van der Waals surface area contributed by atoms with Gasteiger partial charge in [0.05, 0.1) is 0 Å². The van der Waals surface area contributed by atoms with Crippen molar-refractivity contribution >= 4 is 17.5 Å². The fourth-order valence-corrected chi connectivity index (χ4v) is 1.38. The monoisotopic (exact) mass is 182 g/mol. The zero-order chi connectivity index (χ0) is 8.97. The van der Waals surface area contributed by atoms with E-state index in [1.54, 1.807) is 0 Å². The quantitative estimate of drug-likeness (QED) is 0.706. The van der Waals surface area contributed by atoms with Crippen molar-refractivity contribution in [2.75, 3.05) is 18.0 Å². The van der Waals surface area contributed by atoms with E-state index >= 15 is 0 Å². The van der Waals surface area contributed by atoms with E-state index in [0.717, 1.165) is 24.6 Å². The molecule has 1 rings (SSSR count). The van der Waals surface area contributed by atoms with Crippen LogP contribution < -0.4 is 4.90 Å². The lowest BCUT2D eigenvalue weighted by atomic mass is 10.5. The van der Waals surface area contributed by atoms with Gasteiger partial charge in [-0.3, -0.25) is 0 Å². The van der Waals surface area contributed by atoms with E-state index < -0.39 is 0 Å². The Morgan fingerprint density at radius 2 is 2.17 bits per heavy atom. The Kier molecular flexibility index (Phi) is 3.00. The molecule has 0 aliphatic carbocycles. The van der Waals surface area contributed by atoms with Gasteiger partial charge in [0.2, 0.25) is 11.0 Å². The standard InChI is InChI=1S/C7H10N4S/c1-3-11(4-2)7-9-6(5-8)12-10-7/h3-4H2,1-2H3. The van der Waals surface area contributed by atoms with Crippen LogP contribution in [0.1, 0.15) is 18.9 Å². The highest BCUT2D eigenvalue weighted by atomic mass is 32.1. The second kappa shape index (κ2) is 4.02. The molecule has 0 spiro atoms. The highest BCUT2D eigenvalue weighted by molar-refractivity contribution is 7.06. The first-order valence-electron chi connectivity index (χ1n) is 3.80. The summed E-state index contributed by atoms with van der Waals surface area (Å²) in [7, 11) is 0. The predicted molar refractivity (Wildman–Crippen MR) is 48.2 cm³/mol. The predicted octanol–water partition coefficient (Wildman–Crippen LogP) is 1.26. The lowest BCUT2D eigenvalue weighted by Gasteiger charge is -2.14. The molecule has 0 saturated carbocycles. The molecule has 0 N–H and O–H groups in total. The fourth-order valence-electron chi connectivity index (χ4n) is 0.896. The molecule has 4 nitrogen and oxygen atoms in total. The van der Waals surface area contributed by atoms with E-state index in [4.69, 9.17) is 5.26 Å². The minimum atomic E-state index is 0.428. The van der Waals surface area contributed by atoms with Gasteiger partial charge in [-0.15, -0.1) is 0 Å². The van der Waals surface area contributed by atoms with Crippen LogP contribution in [0.4, 0.5) is 5.95 Å². The minimum Gasteiger partial charge on any atom is -0.341 e. The SMILES string of the molecule is CCN(CC)c1nsc(C#N)n1. The third-order valence-electron chi connectivity index (χ3n) is 1.56. The second-order valence-electron chi connectivity index (χ2n) is 2.18. The first kappa shape index (κ1) is 8.94. The van der Waals surface area contributed by atoms with Crippen molar-refractivity contribution < 1.29 is 0 Å². The molecule has 0 unspecified atom stereocenters. The van der Waals surface area contributed by atoms with Crippen LogP contribution in [0.5, 0.6) is 0 Å². The molecule has 0 saturated heterocycles. The zero-order valence-corrected chi connectivity index (χ0v) is 7.93. The maximum Gasteiger partial charge on any atom is 0.238 e. The van der Waals surface area contributed by atoms with Crippen LogP contribution in [-0.4, -0.2) is 22.4 Å². The van der Waals surface area contributed by atoms with Crippen molar-refractivity contribution in [1.82, 2.24) is 9.36 Å². The molecule has 0 fully saturated rings. The Morgan fingerprint density at radius 1 is 1.50 bits per heavy atom. The molecule has 1 aromatic rings. The van der Waals surface area contributed by atoms with Gasteiger partial charge < -0.3 is 4.90 Å². The summed E-state index contributed by atoms with van der Waals surface area (Å²) in [5, 5.41) is 8.95. The first-order chi connectivity index (χ1) is 5.81. The Labute approximate surface area is 75.6 Å². The van der Waals surface area contributed by atoms with Crippen LogP contribution in [0.2, 0.25) is 0 Å². The van der Waals surface area contributed by atoms with E-state index in [1.165, 1.54) is 0 Å². The van der Waals surface area contributed by atoms with Crippen LogP contribution >= 0.6 is 11.5 Å². The average molecular weight is 182 g/mol. The van der Waals surface area contributed by atoms with Crippen molar-refractivity contribution in [3.05, 3.63) is 5.01 Å². The molecule has 0 atom stereocenters. The number of aromatic nitrogens is 2.